The molecule has 4 rings (SSSR count). The highest BCUT2D eigenvalue weighted by atomic mass is 15.1. The van der Waals surface area contributed by atoms with Crippen LogP contribution in [0.2, 0.25) is 0 Å². The van der Waals surface area contributed by atoms with Gasteiger partial charge in [0.15, 0.2) is 0 Å². The topological polar surface area (TPSA) is 46.0 Å². The molecule has 3 aromatic rings. The van der Waals surface area contributed by atoms with Crippen molar-refractivity contribution in [3.8, 4) is 11.3 Å². The molecule has 0 fully saturated rings. The van der Waals surface area contributed by atoms with E-state index in [0.29, 0.717) is 5.41 Å². The average molecular weight is 252 g/mol. The third kappa shape index (κ3) is 1.59. The smallest absolute Gasteiger partial charge is 0.136 e. The summed E-state index contributed by atoms with van der Waals surface area (Å²) < 4.78 is 2.04. The molecule has 3 aromatic heterocycles. The van der Waals surface area contributed by atoms with Gasteiger partial charge in [-0.1, -0.05) is 13.8 Å². The first kappa shape index (κ1) is 10.8. The van der Waals surface area contributed by atoms with Crippen LogP contribution < -0.4 is 0 Å². The average Bonchev–Trinajstić information content (AvgIpc) is 3.00. The summed E-state index contributed by atoms with van der Waals surface area (Å²) in [5.41, 5.74) is 6.24. The van der Waals surface area contributed by atoms with E-state index in [-0.39, 0.29) is 0 Å². The monoisotopic (exact) mass is 252 g/mol. The first-order valence-corrected chi connectivity index (χ1v) is 6.62. The van der Waals surface area contributed by atoms with E-state index < -0.39 is 0 Å². The van der Waals surface area contributed by atoms with Gasteiger partial charge in [0.25, 0.3) is 0 Å². The lowest BCUT2D eigenvalue weighted by atomic mass is 9.90. The summed E-state index contributed by atoms with van der Waals surface area (Å²) in [5, 5.41) is 7.71. The molecule has 3 heterocycles. The Bertz CT molecular complexity index is 763. The van der Waals surface area contributed by atoms with Crippen molar-refractivity contribution in [3.63, 3.8) is 0 Å². The number of aromatic amines is 1. The van der Waals surface area contributed by atoms with Crippen LogP contribution >= 0.6 is 0 Å². The fourth-order valence-corrected chi connectivity index (χ4v) is 3.06. The van der Waals surface area contributed by atoms with Crippen LogP contribution in [0.1, 0.15) is 25.1 Å². The first-order chi connectivity index (χ1) is 9.12. The molecule has 1 N–H and O–H groups in total. The second-order valence-electron chi connectivity index (χ2n) is 6.16. The highest BCUT2D eigenvalue weighted by Crippen LogP contribution is 2.39. The lowest BCUT2D eigenvalue weighted by Crippen LogP contribution is -2.11. The molecule has 0 unspecified atom stereocenters. The Hall–Kier alpha value is -2.10. The maximum absolute atomic E-state index is 4.51. The molecule has 0 atom stereocenters. The number of hydrogen-bond donors (Lipinski definition) is 1. The minimum Gasteiger partial charge on any atom is -0.306 e. The molecule has 0 amide bonds. The van der Waals surface area contributed by atoms with Gasteiger partial charge in [-0.2, -0.15) is 5.10 Å². The molecule has 0 bridgehead atoms. The second-order valence-corrected chi connectivity index (χ2v) is 6.16. The fourth-order valence-electron chi connectivity index (χ4n) is 3.06. The van der Waals surface area contributed by atoms with Crippen LogP contribution in [0, 0.1) is 5.41 Å². The molecule has 0 radical (unpaired) electrons. The molecule has 1 aliphatic carbocycles. The van der Waals surface area contributed by atoms with E-state index in [1.807, 2.05) is 22.9 Å². The van der Waals surface area contributed by atoms with Crippen molar-refractivity contribution in [1.29, 1.82) is 0 Å². The molecule has 0 aliphatic heterocycles. The molecule has 0 saturated heterocycles. The molecular formula is C15H16N4. The van der Waals surface area contributed by atoms with Gasteiger partial charge in [0, 0.05) is 35.4 Å². The highest BCUT2D eigenvalue weighted by Gasteiger charge is 2.32. The zero-order chi connectivity index (χ0) is 13.0. The zero-order valence-corrected chi connectivity index (χ0v) is 11.1. The summed E-state index contributed by atoms with van der Waals surface area (Å²) in [7, 11) is 0. The zero-order valence-electron chi connectivity index (χ0n) is 11.1. The Morgan fingerprint density at radius 1 is 1.26 bits per heavy atom. The van der Waals surface area contributed by atoms with Crippen LogP contribution in [0.5, 0.6) is 0 Å². The van der Waals surface area contributed by atoms with Gasteiger partial charge in [0.1, 0.15) is 5.65 Å². The SMILES string of the molecule is CC1(C)Cc2[nH]nc(-c3ccc4nccn4c3)c2C1. The lowest BCUT2D eigenvalue weighted by Gasteiger charge is -2.15. The van der Waals surface area contributed by atoms with Crippen molar-refractivity contribution in [2.45, 2.75) is 26.7 Å². The predicted molar refractivity (Wildman–Crippen MR) is 74.0 cm³/mol. The Balaban J connectivity index is 1.85. The minimum absolute atomic E-state index is 0.345. The largest absolute Gasteiger partial charge is 0.306 e. The number of aromatic nitrogens is 4. The molecule has 0 spiro atoms. The minimum atomic E-state index is 0.345. The maximum Gasteiger partial charge on any atom is 0.136 e. The number of fused-ring (bicyclic) bond motifs is 2. The molecule has 4 heteroatoms. The summed E-state index contributed by atoms with van der Waals surface area (Å²) in [5.74, 6) is 0. The summed E-state index contributed by atoms with van der Waals surface area (Å²) in [4.78, 5) is 4.27. The van der Waals surface area contributed by atoms with Crippen molar-refractivity contribution in [3.05, 3.63) is 42.0 Å². The van der Waals surface area contributed by atoms with E-state index in [0.717, 1.165) is 29.7 Å². The van der Waals surface area contributed by atoms with Gasteiger partial charge in [-0.15, -0.1) is 0 Å². The first-order valence-electron chi connectivity index (χ1n) is 6.62. The second kappa shape index (κ2) is 3.47. The Kier molecular flexibility index (Phi) is 1.97. The van der Waals surface area contributed by atoms with E-state index in [9.17, 15) is 0 Å². The molecular weight excluding hydrogens is 236 g/mol. The van der Waals surface area contributed by atoms with E-state index in [1.165, 1.54) is 11.3 Å². The number of nitrogens with one attached hydrogen (secondary N) is 1. The third-order valence-corrected chi connectivity index (χ3v) is 3.93. The molecule has 0 aromatic carbocycles. The van der Waals surface area contributed by atoms with Crippen LogP contribution in [0.3, 0.4) is 0 Å². The van der Waals surface area contributed by atoms with Gasteiger partial charge in [0.05, 0.1) is 5.69 Å². The third-order valence-electron chi connectivity index (χ3n) is 3.93. The van der Waals surface area contributed by atoms with Gasteiger partial charge in [0.2, 0.25) is 0 Å². The standard InChI is InChI=1S/C15H16N4/c1-15(2)7-11-12(8-15)17-18-14(11)10-3-4-13-16-5-6-19(13)9-10/h3-6,9H,7-8H2,1-2H3,(H,17,18). The van der Waals surface area contributed by atoms with Crippen LogP contribution in [0.25, 0.3) is 16.9 Å². The number of pyridine rings is 1. The van der Waals surface area contributed by atoms with Crippen molar-refractivity contribution >= 4 is 5.65 Å². The Labute approximate surface area is 111 Å². The fraction of sp³-hybridized carbons (Fsp3) is 0.333. The van der Waals surface area contributed by atoms with Crippen LogP contribution in [0.15, 0.2) is 30.7 Å². The summed E-state index contributed by atoms with van der Waals surface area (Å²) >= 11 is 0. The van der Waals surface area contributed by atoms with Crippen LogP contribution in [-0.2, 0) is 12.8 Å². The Morgan fingerprint density at radius 3 is 3.05 bits per heavy atom. The molecule has 19 heavy (non-hydrogen) atoms. The van der Waals surface area contributed by atoms with Gasteiger partial charge < -0.3 is 4.40 Å². The summed E-state index contributed by atoms with van der Waals surface area (Å²) in [6, 6.07) is 4.14. The van der Waals surface area contributed by atoms with E-state index >= 15 is 0 Å². The van der Waals surface area contributed by atoms with Crippen LogP contribution in [0.4, 0.5) is 0 Å². The van der Waals surface area contributed by atoms with E-state index in [2.05, 4.69) is 41.3 Å². The number of hydrogen-bond acceptors (Lipinski definition) is 2. The molecule has 4 nitrogen and oxygen atoms in total. The van der Waals surface area contributed by atoms with Gasteiger partial charge >= 0.3 is 0 Å². The predicted octanol–water partition coefficient (Wildman–Crippen LogP) is 2.85. The van der Waals surface area contributed by atoms with Crippen molar-refractivity contribution in [1.82, 2.24) is 19.6 Å². The number of rotatable bonds is 1. The van der Waals surface area contributed by atoms with Crippen molar-refractivity contribution in [2.75, 3.05) is 0 Å². The van der Waals surface area contributed by atoms with E-state index in [4.69, 9.17) is 0 Å². The normalized spacial score (nSPS) is 16.9. The quantitative estimate of drug-likeness (QED) is 0.724. The van der Waals surface area contributed by atoms with Gasteiger partial charge in [-0.05, 0) is 30.4 Å². The number of nitrogens with zero attached hydrogens (tertiary/aromatic N) is 3. The van der Waals surface area contributed by atoms with E-state index in [1.54, 1.807) is 0 Å². The lowest BCUT2D eigenvalue weighted by molar-refractivity contribution is 0.388. The highest BCUT2D eigenvalue weighted by molar-refractivity contribution is 5.66. The molecule has 1 aliphatic rings. The number of imidazole rings is 1. The molecule has 96 valence electrons. The number of H-pyrrole nitrogens is 1. The van der Waals surface area contributed by atoms with Gasteiger partial charge in [-0.25, -0.2) is 4.98 Å². The van der Waals surface area contributed by atoms with Crippen molar-refractivity contribution < 1.29 is 0 Å². The van der Waals surface area contributed by atoms with Crippen LogP contribution in [-0.4, -0.2) is 19.6 Å². The van der Waals surface area contributed by atoms with Gasteiger partial charge in [-0.3, -0.25) is 5.10 Å². The molecule has 0 saturated carbocycles. The summed E-state index contributed by atoms with van der Waals surface area (Å²) in [6.45, 7) is 4.62. The summed E-state index contributed by atoms with van der Waals surface area (Å²) in [6.07, 6.45) is 8.07. The Morgan fingerprint density at radius 2 is 2.16 bits per heavy atom. The maximum atomic E-state index is 4.51. The van der Waals surface area contributed by atoms with Crippen molar-refractivity contribution in [2.24, 2.45) is 5.41 Å².